The summed E-state index contributed by atoms with van der Waals surface area (Å²) in [7, 11) is 0. The molecule has 1 aliphatic heterocycles. The number of carboxylic acid groups (broad SMARTS) is 1. The van der Waals surface area contributed by atoms with Crippen LogP contribution in [-0.2, 0) is 0 Å². The van der Waals surface area contributed by atoms with Crippen LogP contribution in [-0.4, -0.2) is 40.3 Å². The molecule has 1 aromatic carbocycles. The number of piperidine rings is 1. The van der Waals surface area contributed by atoms with Crippen LogP contribution in [0, 0.1) is 16.0 Å². The van der Waals surface area contributed by atoms with Gasteiger partial charge in [0.25, 0.3) is 5.69 Å². The van der Waals surface area contributed by atoms with Gasteiger partial charge in [0.15, 0.2) is 0 Å². The number of nitrogens with zero attached hydrogens (tertiary/aromatic N) is 2. The number of hydrogen-bond acceptors (Lipinski definition) is 5. The van der Waals surface area contributed by atoms with Crippen molar-refractivity contribution in [1.29, 1.82) is 0 Å². The minimum atomic E-state index is -1.11. The van der Waals surface area contributed by atoms with Gasteiger partial charge >= 0.3 is 5.97 Å². The highest BCUT2D eigenvalue weighted by atomic mass is 16.6. The molecule has 21 heavy (non-hydrogen) atoms. The lowest BCUT2D eigenvalue weighted by molar-refractivity contribution is -0.384. The molecule has 0 bridgehead atoms. The van der Waals surface area contributed by atoms with Gasteiger partial charge in [-0.1, -0.05) is 0 Å². The third kappa shape index (κ3) is 3.30. The van der Waals surface area contributed by atoms with Crippen molar-refractivity contribution in [3.8, 4) is 0 Å². The van der Waals surface area contributed by atoms with Crippen molar-refractivity contribution < 1.29 is 19.9 Å². The fraction of sp³-hybridized carbons (Fsp3) is 0.500. The lowest BCUT2D eigenvalue weighted by atomic mass is 9.92. The van der Waals surface area contributed by atoms with Crippen LogP contribution < -0.4 is 4.90 Å². The summed E-state index contributed by atoms with van der Waals surface area (Å²) >= 11 is 0. The number of hydrogen-bond donors (Lipinski definition) is 2. The van der Waals surface area contributed by atoms with E-state index in [-0.39, 0.29) is 17.2 Å². The molecule has 2 rings (SSSR count). The number of rotatable bonds is 4. The molecular formula is C14H18N2O5. The summed E-state index contributed by atoms with van der Waals surface area (Å²) < 4.78 is 0. The summed E-state index contributed by atoms with van der Waals surface area (Å²) in [6.07, 6.45) is 1.06. The molecule has 2 N–H and O–H groups in total. The van der Waals surface area contributed by atoms with E-state index in [0.717, 1.165) is 12.8 Å². The maximum atomic E-state index is 11.1. The molecule has 0 saturated carbocycles. The van der Waals surface area contributed by atoms with E-state index in [9.17, 15) is 20.0 Å². The summed E-state index contributed by atoms with van der Waals surface area (Å²) in [5.74, 6) is -0.923. The van der Waals surface area contributed by atoms with Gasteiger partial charge in [-0.2, -0.15) is 0 Å². The maximum Gasteiger partial charge on any atom is 0.335 e. The lowest BCUT2D eigenvalue weighted by Crippen LogP contribution is -2.37. The van der Waals surface area contributed by atoms with E-state index in [1.165, 1.54) is 18.2 Å². The van der Waals surface area contributed by atoms with Crippen LogP contribution in [0.2, 0.25) is 0 Å². The van der Waals surface area contributed by atoms with Crippen molar-refractivity contribution in [3.63, 3.8) is 0 Å². The van der Waals surface area contributed by atoms with Gasteiger partial charge in [-0.15, -0.1) is 0 Å². The Balaban J connectivity index is 2.27. The van der Waals surface area contributed by atoms with Gasteiger partial charge in [-0.25, -0.2) is 4.79 Å². The van der Waals surface area contributed by atoms with Crippen molar-refractivity contribution >= 4 is 17.3 Å². The molecular weight excluding hydrogens is 276 g/mol. The molecule has 0 radical (unpaired) electrons. The van der Waals surface area contributed by atoms with Crippen molar-refractivity contribution in [2.75, 3.05) is 18.0 Å². The van der Waals surface area contributed by atoms with Crippen molar-refractivity contribution in [1.82, 2.24) is 0 Å². The van der Waals surface area contributed by atoms with Gasteiger partial charge in [0.05, 0.1) is 16.6 Å². The van der Waals surface area contributed by atoms with Gasteiger partial charge in [-0.05, 0) is 37.8 Å². The molecule has 1 saturated heterocycles. The zero-order chi connectivity index (χ0) is 15.6. The van der Waals surface area contributed by atoms with Crippen LogP contribution in [0.25, 0.3) is 0 Å². The van der Waals surface area contributed by atoms with Gasteiger partial charge < -0.3 is 15.1 Å². The minimum absolute atomic E-state index is 0.0354. The van der Waals surface area contributed by atoms with Crippen molar-refractivity contribution in [2.45, 2.75) is 25.9 Å². The Kier molecular flexibility index (Phi) is 4.42. The highest BCUT2D eigenvalue weighted by molar-refractivity contribution is 5.90. The van der Waals surface area contributed by atoms with Crippen LogP contribution in [0.4, 0.5) is 11.4 Å². The van der Waals surface area contributed by atoms with Crippen molar-refractivity contribution in [2.24, 2.45) is 5.92 Å². The smallest absolute Gasteiger partial charge is 0.335 e. The predicted molar refractivity (Wildman–Crippen MR) is 76.7 cm³/mol. The molecule has 7 nitrogen and oxygen atoms in total. The van der Waals surface area contributed by atoms with Crippen LogP contribution in [0.3, 0.4) is 0 Å². The molecule has 1 fully saturated rings. The topological polar surface area (TPSA) is 104 Å². The van der Waals surface area contributed by atoms with Gasteiger partial charge in [0, 0.05) is 19.2 Å². The Hall–Kier alpha value is -2.15. The number of carboxylic acids is 1. The molecule has 114 valence electrons. The summed E-state index contributed by atoms with van der Waals surface area (Å²) in [5.41, 5.74) is 0.285. The van der Waals surface area contributed by atoms with E-state index in [1.54, 1.807) is 6.92 Å². The third-order valence-corrected chi connectivity index (χ3v) is 3.98. The maximum absolute atomic E-state index is 11.1. The largest absolute Gasteiger partial charge is 0.478 e. The normalized spacial score (nSPS) is 17.5. The van der Waals surface area contributed by atoms with Crippen LogP contribution in [0.1, 0.15) is 30.1 Å². The molecule has 0 aromatic heterocycles. The Morgan fingerprint density at radius 1 is 1.43 bits per heavy atom. The second-order valence-electron chi connectivity index (χ2n) is 5.33. The fourth-order valence-corrected chi connectivity index (χ4v) is 2.69. The first kappa shape index (κ1) is 15.2. The zero-order valence-corrected chi connectivity index (χ0v) is 11.7. The number of aromatic carboxylic acids is 1. The van der Waals surface area contributed by atoms with Gasteiger partial charge in [0.2, 0.25) is 0 Å². The average Bonchev–Trinajstić information content (AvgIpc) is 2.46. The molecule has 1 unspecified atom stereocenters. The fourth-order valence-electron chi connectivity index (χ4n) is 2.69. The number of aliphatic hydroxyl groups excluding tert-OH is 1. The molecule has 1 aromatic rings. The van der Waals surface area contributed by atoms with E-state index in [2.05, 4.69) is 0 Å². The van der Waals surface area contributed by atoms with E-state index in [1.807, 2.05) is 4.90 Å². The number of carbonyl (C=O) groups is 1. The quantitative estimate of drug-likeness (QED) is 0.649. The molecule has 0 amide bonds. The number of anilines is 1. The second-order valence-corrected chi connectivity index (χ2v) is 5.33. The van der Waals surface area contributed by atoms with Crippen LogP contribution >= 0.6 is 0 Å². The third-order valence-electron chi connectivity index (χ3n) is 3.98. The first-order chi connectivity index (χ1) is 9.90. The second kappa shape index (κ2) is 6.09. The number of benzene rings is 1. The zero-order valence-electron chi connectivity index (χ0n) is 11.7. The molecule has 7 heteroatoms. The average molecular weight is 294 g/mol. The monoisotopic (exact) mass is 294 g/mol. The predicted octanol–water partition coefficient (Wildman–Crippen LogP) is 1.89. The summed E-state index contributed by atoms with van der Waals surface area (Å²) in [6, 6.07) is 3.83. The minimum Gasteiger partial charge on any atom is -0.478 e. The van der Waals surface area contributed by atoms with E-state index >= 15 is 0 Å². The molecule has 1 atom stereocenters. The first-order valence-corrected chi connectivity index (χ1v) is 6.85. The summed E-state index contributed by atoms with van der Waals surface area (Å²) in [4.78, 5) is 23.5. The van der Waals surface area contributed by atoms with E-state index < -0.39 is 17.0 Å². The number of nitro groups is 1. The number of nitro benzene ring substituents is 1. The molecule has 1 aliphatic rings. The van der Waals surface area contributed by atoms with Crippen LogP contribution in [0.5, 0.6) is 0 Å². The summed E-state index contributed by atoms with van der Waals surface area (Å²) in [5, 5.41) is 29.7. The van der Waals surface area contributed by atoms with Crippen molar-refractivity contribution in [3.05, 3.63) is 33.9 Å². The van der Waals surface area contributed by atoms with E-state index in [0.29, 0.717) is 18.8 Å². The SMILES string of the molecule is CC(O)C1CCN(c2cc(C(=O)O)ccc2[N+](=O)[O-])CC1. The highest BCUT2D eigenvalue weighted by Crippen LogP contribution is 2.33. The number of aliphatic hydroxyl groups is 1. The first-order valence-electron chi connectivity index (χ1n) is 6.85. The standard InChI is InChI=1S/C14H18N2O5/c1-9(17)10-4-6-15(7-5-10)13-8-11(14(18)19)2-3-12(13)16(20)21/h2-3,8-10,17H,4-7H2,1H3,(H,18,19). The van der Waals surface area contributed by atoms with E-state index in [4.69, 9.17) is 5.11 Å². The molecule has 1 heterocycles. The molecule has 0 aliphatic carbocycles. The Morgan fingerprint density at radius 3 is 2.52 bits per heavy atom. The molecule has 0 spiro atoms. The van der Waals surface area contributed by atoms with Crippen LogP contribution in [0.15, 0.2) is 18.2 Å². The Bertz CT molecular complexity index is 550. The lowest BCUT2D eigenvalue weighted by Gasteiger charge is -2.34. The highest BCUT2D eigenvalue weighted by Gasteiger charge is 2.27. The van der Waals surface area contributed by atoms with Gasteiger partial charge in [-0.3, -0.25) is 10.1 Å². The summed E-state index contributed by atoms with van der Waals surface area (Å²) in [6.45, 7) is 2.88. The Morgan fingerprint density at radius 2 is 2.05 bits per heavy atom. The Labute approximate surface area is 122 Å². The van der Waals surface area contributed by atoms with Gasteiger partial charge in [0.1, 0.15) is 5.69 Å².